The fourth-order valence-corrected chi connectivity index (χ4v) is 5.17. The van der Waals surface area contributed by atoms with Crippen molar-refractivity contribution in [3.8, 4) is 28.4 Å². The first-order chi connectivity index (χ1) is 22.8. The summed E-state index contributed by atoms with van der Waals surface area (Å²) < 4.78 is 27.5. The minimum Gasteiger partial charge on any atom is -0.494 e. The number of fused-ring (bicyclic) bond motifs is 3. The molecular formula is C38H42O9. The molecule has 0 radical (unpaired) electrons. The van der Waals surface area contributed by atoms with Crippen LogP contribution in [0.25, 0.3) is 11.1 Å². The number of unbranched alkanes of at least 4 members (excludes halogenated alkanes) is 4. The zero-order valence-corrected chi connectivity index (χ0v) is 26.8. The Morgan fingerprint density at radius 3 is 1.91 bits per heavy atom. The van der Waals surface area contributed by atoms with E-state index < -0.39 is 24.5 Å². The van der Waals surface area contributed by atoms with Gasteiger partial charge >= 0.3 is 17.9 Å². The summed E-state index contributed by atoms with van der Waals surface area (Å²) in [5, 5.41) is 8.86. The molecule has 0 spiro atoms. The van der Waals surface area contributed by atoms with Crippen molar-refractivity contribution in [3.63, 3.8) is 0 Å². The Morgan fingerprint density at radius 1 is 0.723 bits per heavy atom. The number of benzene rings is 3. The summed E-state index contributed by atoms with van der Waals surface area (Å²) in [6.45, 7) is 10.2. The minimum atomic E-state index is -0.562. The summed E-state index contributed by atoms with van der Waals surface area (Å²) in [6, 6.07) is 18.7. The molecule has 0 bridgehead atoms. The molecule has 4 rings (SSSR count). The molecule has 9 heteroatoms. The summed E-state index contributed by atoms with van der Waals surface area (Å²) in [5.74, 6) is 0.611. The number of hydrogen-bond donors (Lipinski definition) is 1. The third-order valence-electron chi connectivity index (χ3n) is 7.81. The van der Waals surface area contributed by atoms with Crippen LogP contribution in [-0.4, -0.2) is 56.0 Å². The summed E-state index contributed by atoms with van der Waals surface area (Å²) >= 11 is 0. The van der Waals surface area contributed by atoms with Crippen LogP contribution in [0.15, 0.2) is 85.5 Å². The first-order valence-corrected chi connectivity index (χ1v) is 15.9. The molecule has 0 aromatic heterocycles. The topological polar surface area (TPSA) is 118 Å². The predicted octanol–water partition coefficient (Wildman–Crippen LogP) is 6.96. The number of rotatable bonds is 19. The van der Waals surface area contributed by atoms with Crippen molar-refractivity contribution in [1.82, 2.24) is 0 Å². The molecule has 0 heterocycles. The highest BCUT2D eigenvalue weighted by Crippen LogP contribution is 2.47. The molecule has 1 aliphatic rings. The summed E-state index contributed by atoms with van der Waals surface area (Å²) in [4.78, 5) is 35.5. The molecular weight excluding hydrogens is 600 g/mol. The van der Waals surface area contributed by atoms with E-state index in [0.29, 0.717) is 49.9 Å². The fourth-order valence-electron chi connectivity index (χ4n) is 5.17. The minimum absolute atomic E-state index is 0.0556. The monoisotopic (exact) mass is 642 g/mol. The Kier molecular flexibility index (Phi) is 13.2. The number of hydrogen-bond acceptors (Lipinski definition) is 9. The lowest BCUT2D eigenvalue weighted by atomic mass is 9.99. The molecule has 0 aliphatic heterocycles. The average Bonchev–Trinajstić information content (AvgIpc) is 3.36. The fraction of sp³-hybridized carbons (Fsp3) is 0.342. The Morgan fingerprint density at radius 2 is 1.26 bits per heavy atom. The van der Waals surface area contributed by atoms with Crippen LogP contribution in [0.4, 0.5) is 0 Å². The normalized spacial score (nSPS) is 12.8. The van der Waals surface area contributed by atoms with Crippen LogP contribution < -0.4 is 14.2 Å². The third-order valence-corrected chi connectivity index (χ3v) is 7.81. The van der Waals surface area contributed by atoms with Crippen LogP contribution in [0.3, 0.4) is 0 Å². The van der Waals surface area contributed by atoms with Gasteiger partial charge in [-0.3, -0.25) is 0 Å². The van der Waals surface area contributed by atoms with Crippen LogP contribution >= 0.6 is 0 Å². The van der Waals surface area contributed by atoms with Gasteiger partial charge in [0.05, 0.1) is 44.2 Å². The van der Waals surface area contributed by atoms with Gasteiger partial charge in [0.1, 0.15) is 17.2 Å². The zero-order chi connectivity index (χ0) is 33.6. The highest BCUT2D eigenvalue weighted by Gasteiger charge is 2.27. The van der Waals surface area contributed by atoms with Gasteiger partial charge < -0.3 is 28.8 Å². The van der Waals surface area contributed by atoms with Crippen molar-refractivity contribution >= 4 is 17.9 Å². The van der Waals surface area contributed by atoms with Gasteiger partial charge in [-0.2, -0.15) is 0 Å². The molecule has 47 heavy (non-hydrogen) atoms. The Hall–Kier alpha value is -4.89. The largest absolute Gasteiger partial charge is 0.494 e. The van der Waals surface area contributed by atoms with Crippen molar-refractivity contribution in [2.45, 2.75) is 51.4 Å². The second kappa shape index (κ2) is 17.7. The number of carbonyl (C=O) groups is 3. The molecule has 1 aliphatic carbocycles. The summed E-state index contributed by atoms with van der Waals surface area (Å²) in [6.07, 6.45) is 5.99. The molecule has 3 aromatic rings. The van der Waals surface area contributed by atoms with E-state index in [4.69, 9.17) is 28.8 Å². The molecule has 3 aromatic carbocycles. The van der Waals surface area contributed by atoms with Gasteiger partial charge in [-0.25, -0.2) is 14.4 Å². The summed E-state index contributed by atoms with van der Waals surface area (Å²) in [5.41, 5.74) is 4.97. The highest BCUT2D eigenvalue weighted by molar-refractivity contribution is 5.91. The maximum Gasteiger partial charge on any atom is 0.343 e. The van der Waals surface area contributed by atoms with E-state index in [9.17, 15) is 14.4 Å². The van der Waals surface area contributed by atoms with Crippen LogP contribution in [0.5, 0.6) is 17.2 Å². The van der Waals surface area contributed by atoms with E-state index in [1.54, 1.807) is 24.3 Å². The third kappa shape index (κ3) is 10.0. The molecule has 1 N–H and O–H groups in total. The van der Waals surface area contributed by atoms with Crippen LogP contribution in [0.2, 0.25) is 0 Å². The van der Waals surface area contributed by atoms with Crippen molar-refractivity contribution in [2.75, 3.05) is 33.0 Å². The second-order valence-electron chi connectivity index (χ2n) is 11.2. The molecule has 1 unspecified atom stereocenters. The maximum absolute atomic E-state index is 12.9. The molecule has 248 valence electrons. The number of carbonyl (C=O) groups excluding carboxylic acids is 3. The van der Waals surface area contributed by atoms with Gasteiger partial charge in [-0.05, 0) is 109 Å². The Labute approximate surface area is 275 Å². The number of aliphatic hydroxyl groups excluding tert-OH is 1. The van der Waals surface area contributed by atoms with Crippen molar-refractivity contribution in [3.05, 3.63) is 102 Å². The SMILES string of the molecule is C=CC(=O)OCCCCOc1ccc2c(c1)C(C)c1cc(OC(=O)c3ccc(OCCCCCCOC(=O)C(=C)CO)cc3)ccc1-2. The van der Waals surface area contributed by atoms with E-state index in [1.165, 1.54) is 0 Å². The van der Waals surface area contributed by atoms with E-state index in [0.717, 1.165) is 66.2 Å². The van der Waals surface area contributed by atoms with Gasteiger partial charge in [-0.15, -0.1) is 0 Å². The molecule has 0 saturated heterocycles. The molecule has 9 nitrogen and oxygen atoms in total. The zero-order valence-electron chi connectivity index (χ0n) is 26.8. The first-order valence-electron chi connectivity index (χ1n) is 15.9. The number of aliphatic hydroxyl groups is 1. The van der Waals surface area contributed by atoms with Crippen LogP contribution in [0, 0.1) is 0 Å². The van der Waals surface area contributed by atoms with E-state index in [-0.39, 0.29) is 11.5 Å². The molecule has 0 amide bonds. The maximum atomic E-state index is 12.9. The van der Waals surface area contributed by atoms with Gasteiger partial charge in [-0.1, -0.05) is 32.2 Å². The Balaban J connectivity index is 1.19. The Bertz CT molecular complexity index is 1560. The van der Waals surface area contributed by atoms with Crippen molar-refractivity contribution in [1.29, 1.82) is 0 Å². The number of ether oxygens (including phenoxy) is 5. The first kappa shape index (κ1) is 35.0. The van der Waals surface area contributed by atoms with E-state index >= 15 is 0 Å². The van der Waals surface area contributed by atoms with Crippen molar-refractivity contribution < 1.29 is 43.2 Å². The van der Waals surface area contributed by atoms with Gasteiger partial charge in [0.15, 0.2) is 0 Å². The molecule has 0 fully saturated rings. The molecule has 1 atom stereocenters. The number of esters is 3. The predicted molar refractivity (Wildman–Crippen MR) is 178 cm³/mol. The van der Waals surface area contributed by atoms with E-state index in [1.807, 2.05) is 24.3 Å². The highest BCUT2D eigenvalue weighted by atomic mass is 16.5. The summed E-state index contributed by atoms with van der Waals surface area (Å²) in [7, 11) is 0. The lowest BCUT2D eigenvalue weighted by molar-refractivity contribution is -0.140. The lowest BCUT2D eigenvalue weighted by Gasteiger charge is -2.11. The molecule has 0 saturated carbocycles. The lowest BCUT2D eigenvalue weighted by Crippen LogP contribution is -2.10. The van der Waals surface area contributed by atoms with Crippen LogP contribution in [-0.2, 0) is 19.1 Å². The van der Waals surface area contributed by atoms with Gasteiger partial charge in [0, 0.05) is 12.0 Å². The second-order valence-corrected chi connectivity index (χ2v) is 11.2. The standard InChI is InChI=1S/C38H42O9/c1-4-36(40)45-21-10-9-20-44-30-15-17-32-33-18-16-31(24-35(33)27(3)34(32)23-30)47-38(42)28-11-13-29(14-12-28)43-19-7-5-6-8-22-46-37(41)26(2)25-39/h4,11-18,23-24,27,39H,1-2,5-10,19-22,25H2,3H3. The smallest absolute Gasteiger partial charge is 0.343 e. The average molecular weight is 643 g/mol. The van der Waals surface area contributed by atoms with E-state index in [2.05, 4.69) is 32.2 Å². The van der Waals surface area contributed by atoms with Crippen LogP contribution in [0.1, 0.15) is 72.9 Å². The van der Waals surface area contributed by atoms with Gasteiger partial charge in [0.2, 0.25) is 0 Å². The quantitative estimate of drug-likeness (QED) is 0.0641. The van der Waals surface area contributed by atoms with Gasteiger partial charge in [0.25, 0.3) is 0 Å². The van der Waals surface area contributed by atoms with Crippen molar-refractivity contribution in [2.24, 2.45) is 0 Å².